The van der Waals surface area contributed by atoms with Gasteiger partial charge in [-0.05, 0) is 43.2 Å². The monoisotopic (exact) mass is 416 g/mol. The van der Waals surface area contributed by atoms with Gasteiger partial charge in [0.2, 0.25) is 0 Å². The summed E-state index contributed by atoms with van der Waals surface area (Å²) in [7, 11) is 0. The number of benzene rings is 2. The van der Waals surface area contributed by atoms with Crippen LogP contribution in [-0.2, 0) is 11.3 Å². The maximum Gasteiger partial charge on any atom is 0.262 e. The summed E-state index contributed by atoms with van der Waals surface area (Å²) in [6, 6.07) is 14.8. The molecule has 146 valence electrons. The molecular formula is C21H21ClN2O3S. The Morgan fingerprint density at radius 3 is 2.96 bits per heavy atom. The Morgan fingerprint density at radius 1 is 1.25 bits per heavy atom. The van der Waals surface area contributed by atoms with Crippen LogP contribution in [0.4, 0.5) is 0 Å². The van der Waals surface area contributed by atoms with Gasteiger partial charge in [-0.25, -0.2) is 4.98 Å². The van der Waals surface area contributed by atoms with E-state index in [1.165, 1.54) is 11.8 Å². The zero-order valence-corrected chi connectivity index (χ0v) is 16.9. The predicted octanol–water partition coefficient (Wildman–Crippen LogP) is 4.40. The molecule has 7 heteroatoms. The highest BCUT2D eigenvalue weighted by Gasteiger charge is 2.20. The maximum atomic E-state index is 13.0. The molecule has 0 N–H and O–H groups in total. The Morgan fingerprint density at radius 2 is 2.14 bits per heavy atom. The summed E-state index contributed by atoms with van der Waals surface area (Å²) in [6.07, 6.45) is 2.08. The first-order valence-electron chi connectivity index (χ1n) is 9.33. The summed E-state index contributed by atoms with van der Waals surface area (Å²) < 4.78 is 13.2. The van der Waals surface area contributed by atoms with Gasteiger partial charge in [-0.2, -0.15) is 0 Å². The standard InChI is InChI=1S/C21H21ClN2O3S/c22-15-5-3-6-16(13-15)27-11-12-28-21-23-19-9-2-1-8-18(19)20(25)24(21)14-17-7-4-10-26-17/h1-3,5-6,8-9,13,17H,4,7,10-12,14H2/t17-/m0/s1. The van der Waals surface area contributed by atoms with Crippen molar-refractivity contribution in [3.63, 3.8) is 0 Å². The van der Waals surface area contributed by atoms with Gasteiger partial charge in [0.1, 0.15) is 5.75 Å². The van der Waals surface area contributed by atoms with E-state index in [0.717, 1.165) is 25.2 Å². The quantitative estimate of drug-likeness (QED) is 0.324. The smallest absolute Gasteiger partial charge is 0.262 e. The minimum Gasteiger partial charge on any atom is -0.493 e. The lowest BCUT2D eigenvalue weighted by Gasteiger charge is -2.16. The number of para-hydroxylation sites is 1. The molecule has 1 aliphatic rings. The van der Waals surface area contributed by atoms with Crippen molar-refractivity contribution in [1.82, 2.24) is 9.55 Å². The minimum absolute atomic E-state index is 0.0145. The molecule has 4 rings (SSSR count). The molecule has 5 nitrogen and oxygen atoms in total. The van der Waals surface area contributed by atoms with Crippen LogP contribution in [0.25, 0.3) is 10.9 Å². The highest BCUT2D eigenvalue weighted by molar-refractivity contribution is 7.99. The summed E-state index contributed by atoms with van der Waals surface area (Å²) >= 11 is 7.50. The van der Waals surface area contributed by atoms with Gasteiger partial charge in [0, 0.05) is 17.4 Å². The Bertz CT molecular complexity index is 1020. The third kappa shape index (κ3) is 4.51. The van der Waals surface area contributed by atoms with Crippen molar-refractivity contribution in [3.8, 4) is 5.75 Å². The van der Waals surface area contributed by atoms with Crippen molar-refractivity contribution in [1.29, 1.82) is 0 Å². The largest absolute Gasteiger partial charge is 0.493 e. The molecule has 1 atom stereocenters. The Labute approximate surface area is 172 Å². The van der Waals surface area contributed by atoms with Crippen molar-refractivity contribution in [2.24, 2.45) is 0 Å². The molecule has 0 unspecified atom stereocenters. The van der Waals surface area contributed by atoms with Crippen molar-refractivity contribution < 1.29 is 9.47 Å². The minimum atomic E-state index is -0.0145. The molecule has 2 heterocycles. The zero-order valence-electron chi connectivity index (χ0n) is 15.3. The Kier molecular flexibility index (Phi) is 6.20. The van der Waals surface area contributed by atoms with Crippen LogP contribution in [0, 0.1) is 0 Å². The number of rotatable bonds is 7. The molecule has 0 amide bonds. The van der Waals surface area contributed by atoms with Gasteiger partial charge in [-0.1, -0.05) is 41.6 Å². The second kappa shape index (κ2) is 8.99. The van der Waals surface area contributed by atoms with E-state index in [4.69, 9.17) is 26.1 Å². The van der Waals surface area contributed by atoms with Crippen LogP contribution in [0.15, 0.2) is 58.5 Å². The van der Waals surface area contributed by atoms with Crippen molar-refractivity contribution in [2.75, 3.05) is 19.0 Å². The number of fused-ring (bicyclic) bond motifs is 1. The fourth-order valence-electron chi connectivity index (χ4n) is 3.26. The highest BCUT2D eigenvalue weighted by Crippen LogP contribution is 2.22. The van der Waals surface area contributed by atoms with Crippen LogP contribution >= 0.6 is 23.4 Å². The van der Waals surface area contributed by atoms with E-state index in [-0.39, 0.29) is 11.7 Å². The van der Waals surface area contributed by atoms with Crippen LogP contribution in [0.5, 0.6) is 5.75 Å². The molecule has 0 saturated carbocycles. The summed E-state index contributed by atoms with van der Waals surface area (Å²) in [5.41, 5.74) is 0.703. The van der Waals surface area contributed by atoms with E-state index in [1.54, 1.807) is 10.6 Å². The number of hydrogen-bond acceptors (Lipinski definition) is 5. The third-order valence-corrected chi connectivity index (χ3v) is 5.79. The molecule has 1 aromatic heterocycles. The third-order valence-electron chi connectivity index (χ3n) is 4.62. The molecule has 1 saturated heterocycles. The first-order valence-corrected chi connectivity index (χ1v) is 10.7. The van der Waals surface area contributed by atoms with E-state index in [1.807, 2.05) is 42.5 Å². The number of nitrogens with zero attached hydrogens (tertiary/aromatic N) is 2. The number of ether oxygens (including phenoxy) is 2. The topological polar surface area (TPSA) is 53.3 Å². The van der Waals surface area contributed by atoms with Gasteiger partial charge in [0.05, 0.1) is 30.2 Å². The van der Waals surface area contributed by atoms with Crippen LogP contribution < -0.4 is 10.3 Å². The summed E-state index contributed by atoms with van der Waals surface area (Å²) in [4.78, 5) is 17.8. The van der Waals surface area contributed by atoms with Crippen LogP contribution in [0.3, 0.4) is 0 Å². The second-order valence-electron chi connectivity index (χ2n) is 6.62. The molecule has 2 aromatic carbocycles. The van der Waals surface area contributed by atoms with Crippen LogP contribution in [-0.4, -0.2) is 34.6 Å². The summed E-state index contributed by atoms with van der Waals surface area (Å²) in [5.74, 6) is 1.40. The number of thioether (sulfide) groups is 1. The molecule has 1 aliphatic heterocycles. The molecule has 0 bridgehead atoms. The fraction of sp³-hybridized carbons (Fsp3) is 0.333. The van der Waals surface area contributed by atoms with E-state index in [9.17, 15) is 4.79 Å². The van der Waals surface area contributed by atoms with Crippen LogP contribution in [0.1, 0.15) is 12.8 Å². The summed E-state index contributed by atoms with van der Waals surface area (Å²) in [5, 5.41) is 1.99. The van der Waals surface area contributed by atoms with Gasteiger partial charge in [0.25, 0.3) is 5.56 Å². The number of hydrogen-bond donors (Lipinski definition) is 0. The number of halogens is 1. The molecular weight excluding hydrogens is 396 g/mol. The Hall–Kier alpha value is -2.02. The van der Waals surface area contributed by atoms with Gasteiger partial charge < -0.3 is 9.47 Å². The SMILES string of the molecule is O=c1c2ccccc2nc(SCCOc2cccc(Cl)c2)n1C[C@@H]1CCCO1. The van der Waals surface area contributed by atoms with Gasteiger partial charge in [-0.15, -0.1) is 0 Å². The van der Waals surface area contributed by atoms with Crippen molar-refractivity contribution in [2.45, 2.75) is 30.6 Å². The average molecular weight is 417 g/mol. The molecule has 0 aliphatic carbocycles. The van der Waals surface area contributed by atoms with E-state index in [0.29, 0.717) is 40.0 Å². The van der Waals surface area contributed by atoms with Crippen molar-refractivity contribution >= 4 is 34.3 Å². The molecule has 3 aromatic rings. The van der Waals surface area contributed by atoms with E-state index in [2.05, 4.69) is 0 Å². The highest BCUT2D eigenvalue weighted by atomic mass is 35.5. The normalized spacial score (nSPS) is 16.5. The Balaban J connectivity index is 1.51. The molecule has 0 radical (unpaired) electrons. The number of aromatic nitrogens is 2. The predicted molar refractivity (Wildman–Crippen MR) is 113 cm³/mol. The molecule has 0 spiro atoms. The first-order chi connectivity index (χ1) is 13.7. The van der Waals surface area contributed by atoms with Gasteiger partial charge >= 0.3 is 0 Å². The lowest BCUT2D eigenvalue weighted by Crippen LogP contribution is -2.29. The maximum absolute atomic E-state index is 13.0. The lowest BCUT2D eigenvalue weighted by molar-refractivity contribution is 0.0937. The zero-order chi connectivity index (χ0) is 19.3. The fourth-order valence-corrected chi connectivity index (χ4v) is 4.27. The average Bonchev–Trinajstić information content (AvgIpc) is 3.21. The molecule has 1 fully saturated rings. The summed E-state index contributed by atoms with van der Waals surface area (Å²) in [6.45, 7) is 1.79. The van der Waals surface area contributed by atoms with E-state index < -0.39 is 0 Å². The first kappa shape index (κ1) is 19.3. The van der Waals surface area contributed by atoms with E-state index >= 15 is 0 Å². The molecule has 28 heavy (non-hydrogen) atoms. The van der Waals surface area contributed by atoms with Crippen molar-refractivity contribution in [3.05, 3.63) is 63.9 Å². The second-order valence-corrected chi connectivity index (χ2v) is 8.12. The van der Waals surface area contributed by atoms with Crippen LogP contribution in [0.2, 0.25) is 5.02 Å². The van der Waals surface area contributed by atoms with Gasteiger partial charge in [-0.3, -0.25) is 9.36 Å². The van der Waals surface area contributed by atoms with Gasteiger partial charge in [0.15, 0.2) is 5.16 Å². The lowest BCUT2D eigenvalue weighted by atomic mass is 10.2.